The molecule has 2 bridgehead atoms. The summed E-state index contributed by atoms with van der Waals surface area (Å²) >= 11 is 0. The molecule has 2 aliphatic heterocycles. The topological polar surface area (TPSA) is 79.2 Å². The number of furan rings is 1. The number of carbonyl (C=O) groups excluding carboxylic acids is 1. The van der Waals surface area contributed by atoms with Crippen molar-refractivity contribution in [3.05, 3.63) is 82.0 Å². The lowest BCUT2D eigenvalue weighted by Gasteiger charge is -2.43. The highest BCUT2D eigenvalue weighted by atomic mass is 16.3. The van der Waals surface area contributed by atoms with Crippen LogP contribution in [0.5, 0.6) is 0 Å². The van der Waals surface area contributed by atoms with Gasteiger partial charge in [0.25, 0.3) is 11.5 Å². The van der Waals surface area contributed by atoms with E-state index in [0.29, 0.717) is 42.1 Å². The predicted molar refractivity (Wildman–Crippen MR) is 106 cm³/mol. The van der Waals surface area contributed by atoms with Crippen molar-refractivity contribution in [3.63, 3.8) is 0 Å². The van der Waals surface area contributed by atoms with Gasteiger partial charge in [0.05, 0.1) is 23.5 Å². The summed E-state index contributed by atoms with van der Waals surface area (Å²) in [6.45, 7) is 1.83. The molecule has 5 rings (SSSR count). The molecule has 2 aromatic heterocycles. The van der Waals surface area contributed by atoms with Crippen LogP contribution in [0.2, 0.25) is 0 Å². The zero-order valence-corrected chi connectivity index (χ0v) is 15.7. The molecule has 1 saturated heterocycles. The number of nitriles is 1. The number of likely N-dealkylation sites (tertiary alicyclic amines) is 1. The first-order chi connectivity index (χ1) is 14.1. The second-order valence-corrected chi connectivity index (χ2v) is 7.76. The summed E-state index contributed by atoms with van der Waals surface area (Å²) in [6, 6.07) is 16.2. The highest BCUT2D eigenvalue weighted by molar-refractivity contribution is 5.94. The zero-order valence-electron chi connectivity index (χ0n) is 15.7. The van der Waals surface area contributed by atoms with Crippen LogP contribution < -0.4 is 5.56 Å². The fraction of sp³-hybridized carbons (Fsp3) is 0.261. The van der Waals surface area contributed by atoms with Crippen LogP contribution in [-0.2, 0) is 6.54 Å². The summed E-state index contributed by atoms with van der Waals surface area (Å²) in [4.78, 5) is 27.9. The molecule has 0 saturated carbocycles. The van der Waals surface area contributed by atoms with Gasteiger partial charge in [-0.3, -0.25) is 9.59 Å². The maximum absolute atomic E-state index is 13.0. The molecule has 0 radical (unpaired) electrons. The number of rotatable bonds is 2. The molecule has 2 unspecified atom stereocenters. The minimum Gasteiger partial charge on any atom is -0.464 e. The predicted octanol–water partition coefficient (Wildman–Crippen LogP) is 3.24. The molecule has 144 valence electrons. The molecule has 4 heterocycles. The lowest BCUT2D eigenvalue weighted by atomic mass is 9.82. The summed E-state index contributed by atoms with van der Waals surface area (Å²) in [5.41, 5.74) is 2.66. The zero-order chi connectivity index (χ0) is 20.0. The lowest BCUT2D eigenvalue weighted by Crippen LogP contribution is -2.49. The summed E-state index contributed by atoms with van der Waals surface area (Å²) in [5, 5.41) is 8.94. The van der Waals surface area contributed by atoms with Crippen LogP contribution in [0.15, 0.2) is 64.0 Å². The molecule has 1 aromatic carbocycles. The Hall–Kier alpha value is -3.59. The van der Waals surface area contributed by atoms with E-state index in [-0.39, 0.29) is 23.3 Å². The van der Waals surface area contributed by atoms with Gasteiger partial charge >= 0.3 is 0 Å². The Morgan fingerprint density at radius 2 is 1.90 bits per heavy atom. The third-order valence-corrected chi connectivity index (χ3v) is 5.94. The molecule has 0 N–H and O–H groups in total. The van der Waals surface area contributed by atoms with E-state index in [1.807, 2.05) is 21.6 Å². The molecule has 1 amide bonds. The van der Waals surface area contributed by atoms with E-state index in [1.54, 1.807) is 42.7 Å². The largest absolute Gasteiger partial charge is 0.464 e. The first kappa shape index (κ1) is 17.5. The van der Waals surface area contributed by atoms with Gasteiger partial charge in [-0.1, -0.05) is 0 Å². The number of pyridine rings is 1. The van der Waals surface area contributed by atoms with E-state index in [2.05, 4.69) is 6.07 Å². The van der Waals surface area contributed by atoms with Gasteiger partial charge in [-0.15, -0.1) is 0 Å². The number of piperidine rings is 1. The highest BCUT2D eigenvalue weighted by Gasteiger charge is 2.37. The molecular formula is C23H19N3O3. The van der Waals surface area contributed by atoms with Crippen molar-refractivity contribution in [1.29, 1.82) is 5.26 Å². The van der Waals surface area contributed by atoms with Crippen LogP contribution in [0.1, 0.15) is 34.0 Å². The Kier molecular flexibility index (Phi) is 4.09. The molecule has 6 heteroatoms. The van der Waals surface area contributed by atoms with E-state index >= 15 is 0 Å². The fourth-order valence-electron chi connectivity index (χ4n) is 4.60. The quantitative estimate of drug-likeness (QED) is 0.678. The van der Waals surface area contributed by atoms with Crippen molar-refractivity contribution >= 4 is 5.91 Å². The number of amides is 1. The molecule has 2 aliphatic rings. The van der Waals surface area contributed by atoms with Crippen molar-refractivity contribution in [2.75, 3.05) is 13.1 Å². The second-order valence-electron chi connectivity index (χ2n) is 7.76. The molecule has 1 fully saturated rings. The van der Waals surface area contributed by atoms with Crippen LogP contribution in [0.4, 0.5) is 0 Å². The van der Waals surface area contributed by atoms with Gasteiger partial charge in [0.2, 0.25) is 0 Å². The number of hydrogen-bond acceptors (Lipinski definition) is 4. The molecule has 0 spiro atoms. The van der Waals surface area contributed by atoms with Crippen molar-refractivity contribution in [2.45, 2.75) is 18.9 Å². The standard InChI is InChI=1S/C23H19N3O3/c24-11-15-3-5-17(6-4-15)22(27)25-12-16-10-18(14-25)20-8-7-19(21-2-1-9-29-21)23(28)26(20)13-16/h1-9,16,18H,10,12-14H2. The third kappa shape index (κ3) is 2.95. The van der Waals surface area contributed by atoms with Crippen molar-refractivity contribution in [1.82, 2.24) is 9.47 Å². The van der Waals surface area contributed by atoms with Crippen LogP contribution in [0, 0.1) is 17.2 Å². The maximum atomic E-state index is 13.0. The normalized spacial score (nSPS) is 20.0. The van der Waals surface area contributed by atoms with Gasteiger partial charge in [0.15, 0.2) is 0 Å². The molecule has 2 atom stereocenters. The number of hydrogen-bond donors (Lipinski definition) is 0. The first-order valence-electron chi connectivity index (χ1n) is 9.71. The Morgan fingerprint density at radius 3 is 2.62 bits per heavy atom. The average Bonchev–Trinajstić information content (AvgIpc) is 3.28. The summed E-state index contributed by atoms with van der Waals surface area (Å²) < 4.78 is 7.27. The van der Waals surface area contributed by atoms with Gasteiger partial charge in [-0.25, -0.2) is 0 Å². The average molecular weight is 385 g/mol. The second kappa shape index (κ2) is 6.78. The summed E-state index contributed by atoms with van der Waals surface area (Å²) in [7, 11) is 0. The maximum Gasteiger partial charge on any atom is 0.261 e. The summed E-state index contributed by atoms with van der Waals surface area (Å²) in [6.07, 6.45) is 2.55. The van der Waals surface area contributed by atoms with Crippen LogP contribution >= 0.6 is 0 Å². The van der Waals surface area contributed by atoms with E-state index in [0.717, 1.165) is 12.1 Å². The monoisotopic (exact) mass is 385 g/mol. The van der Waals surface area contributed by atoms with Gasteiger partial charge in [0.1, 0.15) is 5.76 Å². The van der Waals surface area contributed by atoms with Gasteiger partial charge in [-0.05, 0) is 60.9 Å². The third-order valence-electron chi connectivity index (χ3n) is 5.94. The number of fused-ring (bicyclic) bond motifs is 4. The van der Waals surface area contributed by atoms with Gasteiger partial charge in [0, 0.05) is 36.8 Å². The molecule has 3 aromatic rings. The molecule has 0 aliphatic carbocycles. The molecule has 29 heavy (non-hydrogen) atoms. The fourth-order valence-corrected chi connectivity index (χ4v) is 4.60. The van der Waals surface area contributed by atoms with Crippen LogP contribution in [-0.4, -0.2) is 28.5 Å². The van der Waals surface area contributed by atoms with E-state index < -0.39 is 0 Å². The Bertz CT molecular complexity index is 1170. The van der Waals surface area contributed by atoms with Crippen LogP contribution in [0.25, 0.3) is 11.3 Å². The van der Waals surface area contributed by atoms with Crippen molar-refractivity contribution in [3.8, 4) is 17.4 Å². The Morgan fingerprint density at radius 1 is 1.07 bits per heavy atom. The van der Waals surface area contributed by atoms with Gasteiger partial charge in [-0.2, -0.15) is 5.26 Å². The van der Waals surface area contributed by atoms with Crippen LogP contribution in [0.3, 0.4) is 0 Å². The van der Waals surface area contributed by atoms with Crippen molar-refractivity contribution < 1.29 is 9.21 Å². The Balaban J connectivity index is 1.44. The van der Waals surface area contributed by atoms with E-state index in [1.165, 1.54) is 0 Å². The minimum atomic E-state index is -0.0287. The first-order valence-corrected chi connectivity index (χ1v) is 9.71. The van der Waals surface area contributed by atoms with E-state index in [4.69, 9.17) is 9.68 Å². The van der Waals surface area contributed by atoms with E-state index in [9.17, 15) is 9.59 Å². The van der Waals surface area contributed by atoms with Gasteiger partial charge < -0.3 is 13.9 Å². The number of nitrogens with zero attached hydrogens (tertiary/aromatic N) is 3. The summed E-state index contributed by atoms with van der Waals surface area (Å²) in [5.74, 6) is 0.946. The molecular weight excluding hydrogens is 366 g/mol. The minimum absolute atomic E-state index is 0.0211. The number of benzene rings is 1. The van der Waals surface area contributed by atoms with Crippen molar-refractivity contribution in [2.24, 2.45) is 5.92 Å². The highest BCUT2D eigenvalue weighted by Crippen LogP contribution is 2.36. The molecule has 6 nitrogen and oxygen atoms in total. The lowest BCUT2D eigenvalue weighted by molar-refractivity contribution is 0.0594. The smallest absolute Gasteiger partial charge is 0.261 e. The number of carbonyl (C=O) groups is 1. The number of aromatic nitrogens is 1. The SMILES string of the molecule is N#Cc1ccc(C(=O)N2CC3CC(C2)c2ccc(-c4ccco4)c(=O)n2C3)cc1. The Labute approximate surface area is 167 Å².